The van der Waals surface area contributed by atoms with Gasteiger partial charge in [0.05, 0.1) is 35.0 Å². The zero-order valence-electron chi connectivity index (χ0n) is 14.7. The highest BCUT2D eigenvalue weighted by Crippen LogP contribution is 2.35. The van der Waals surface area contributed by atoms with Crippen LogP contribution >= 0.6 is 23.2 Å². The Balaban J connectivity index is 2.12. The topological polar surface area (TPSA) is 58.6 Å². The monoisotopic (exact) mass is 434 g/mol. The van der Waals surface area contributed by atoms with Crippen LogP contribution in [0.4, 0.5) is 18.9 Å². The normalized spacial score (nSPS) is 11.1. The predicted molar refractivity (Wildman–Crippen MR) is 100 cm³/mol. The summed E-state index contributed by atoms with van der Waals surface area (Å²) >= 11 is 12.0. The fraction of sp³-hybridized carbons (Fsp3) is 0.222. The van der Waals surface area contributed by atoms with Gasteiger partial charge in [0, 0.05) is 12.6 Å². The number of likely N-dealkylation sites (N-methyl/N-ethyl adjacent to an activating group) is 1. The third-order valence-electron chi connectivity index (χ3n) is 3.68. The lowest BCUT2D eigenvalue weighted by Gasteiger charge is -2.19. The van der Waals surface area contributed by atoms with Crippen LogP contribution in [0.3, 0.4) is 0 Å². The Morgan fingerprint density at radius 1 is 1.14 bits per heavy atom. The molecule has 0 saturated carbocycles. The minimum absolute atomic E-state index is 0.0989. The number of methoxy groups -OCH3 is 1. The van der Waals surface area contributed by atoms with Gasteiger partial charge in [-0.05, 0) is 24.3 Å². The van der Waals surface area contributed by atoms with Gasteiger partial charge in [0.15, 0.2) is 5.75 Å². The van der Waals surface area contributed by atoms with Gasteiger partial charge in [0.1, 0.15) is 0 Å². The third kappa shape index (κ3) is 5.08. The van der Waals surface area contributed by atoms with Gasteiger partial charge < -0.3 is 15.0 Å². The minimum atomic E-state index is -4.62. The maximum atomic E-state index is 13.0. The van der Waals surface area contributed by atoms with Crippen molar-refractivity contribution in [2.75, 3.05) is 26.0 Å². The Labute approximate surface area is 169 Å². The Morgan fingerprint density at radius 2 is 1.71 bits per heavy atom. The van der Waals surface area contributed by atoms with Gasteiger partial charge in [-0.3, -0.25) is 9.59 Å². The van der Waals surface area contributed by atoms with Gasteiger partial charge in [-0.25, -0.2) is 0 Å². The molecule has 2 aromatic carbocycles. The number of nitrogens with one attached hydrogen (secondary N) is 1. The van der Waals surface area contributed by atoms with E-state index < -0.39 is 35.8 Å². The summed E-state index contributed by atoms with van der Waals surface area (Å²) in [6.45, 7) is -0.480. The third-order valence-corrected chi connectivity index (χ3v) is 4.24. The van der Waals surface area contributed by atoms with Crippen LogP contribution in [0.15, 0.2) is 36.4 Å². The number of benzene rings is 2. The molecule has 0 aliphatic heterocycles. The number of hydrogen-bond donors (Lipinski definition) is 1. The Bertz CT molecular complexity index is 881. The van der Waals surface area contributed by atoms with Crippen molar-refractivity contribution < 1.29 is 27.5 Å². The Hall–Kier alpha value is -2.45. The summed E-state index contributed by atoms with van der Waals surface area (Å²) < 4.78 is 44.0. The van der Waals surface area contributed by atoms with E-state index in [1.165, 1.54) is 38.4 Å². The SMILES string of the molecule is COc1c(Cl)cc(C(=O)N(C)CC(=O)Nc2ccccc2C(F)(F)F)cc1Cl. The molecule has 10 heteroatoms. The zero-order valence-corrected chi connectivity index (χ0v) is 16.2. The first-order chi connectivity index (χ1) is 13.0. The van der Waals surface area contributed by atoms with Gasteiger partial charge in [0.2, 0.25) is 5.91 Å². The number of nitrogens with zero attached hydrogens (tertiary/aromatic N) is 1. The molecule has 0 fully saturated rings. The van der Waals surface area contributed by atoms with Gasteiger partial charge in [-0.1, -0.05) is 35.3 Å². The molecule has 1 N–H and O–H groups in total. The molecule has 2 rings (SSSR count). The molecule has 0 unspecified atom stereocenters. The maximum Gasteiger partial charge on any atom is 0.418 e. The molecule has 0 atom stereocenters. The van der Waals surface area contributed by atoms with Crippen LogP contribution in [0.5, 0.6) is 5.75 Å². The van der Waals surface area contributed by atoms with Crippen LogP contribution in [0.25, 0.3) is 0 Å². The fourth-order valence-corrected chi connectivity index (χ4v) is 3.06. The molecule has 0 heterocycles. The highest BCUT2D eigenvalue weighted by molar-refractivity contribution is 6.37. The lowest BCUT2D eigenvalue weighted by atomic mass is 10.1. The number of hydrogen-bond acceptors (Lipinski definition) is 3. The number of halogens is 5. The van der Waals surface area contributed by atoms with Crippen LogP contribution in [0.2, 0.25) is 10.0 Å². The van der Waals surface area contributed by atoms with Crippen molar-refractivity contribution in [3.8, 4) is 5.75 Å². The number of carbonyl (C=O) groups is 2. The number of carbonyl (C=O) groups excluding carboxylic acids is 2. The molecule has 0 aliphatic carbocycles. The minimum Gasteiger partial charge on any atom is -0.494 e. The van der Waals surface area contributed by atoms with E-state index in [1.807, 2.05) is 0 Å². The van der Waals surface area contributed by atoms with Crippen LogP contribution in [-0.4, -0.2) is 37.4 Å². The van der Waals surface area contributed by atoms with E-state index in [4.69, 9.17) is 27.9 Å². The number of amides is 2. The fourth-order valence-electron chi connectivity index (χ4n) is 2.42. The second kappa shape index (κ2) is 8.70. The van der Waals surface area contributed by atoms with E-state index in [-0.39, 0.29) is 21.4 Å². The highest BCUT2D eigenvalue weighted by atomic mass is 35.5. The number of rotatable bonds is 5. The molecule has 0 aliphatic rings. The van der Waals surface area contributed by atoms with Crippen molar-refractivity contribution in [3.05, 3.63) is 57.6 Å². The van der Waals surface area contributed by atoms with Crippen LogP contribution in [-0.2, 0) is 11.0 Å². The first-order valence-corrected chi connectivity index (χ1v) is 8.54. The molecule has 2 aromatic rings. The summed E-state index contributed by atoms with van der Waals surface area (Å²) in [6, 6.07) is 7.20. The number of ether oxygens (including phenoxy) is 1. The standard InChI is InChI=1S/C18H15Cl2F3N2O3/c1-25(17(27)10-7-12(19)16(28-2)13(20)8-10)9-15(26)24-14-6-4-3-5-11(14)18(21,22)23/h3-8H,9H2,1-2H3,(H,24,26). The maximum absolute atomic E-state index is 13.0. The molecule has 0 aromatic heterocycles. The first-order valence-electron chi connectivity index (χ1n) is 7.79. The molecule has 28 heavy (non-hydrogen) atoms. The van der Waals surface area contributed by atoms with Crippen molar-refractivity contribution in [1.82, 2.24) is 4.90 Å². The lowest BCUT2D eigenvalue weighted by Crippen LogP contribution is -2.35. The van der Waals surface area contributed by atoms with Crippen molar-refractivity contribution in [2.45, 2.75) is 6.18 Å². The van der Waals surface area contributed by atoms with E-state index in [1.54, 1.807) is 0 Å². The quantitative estimate of drug-likeness (QED) is 0.739. The molecule has 0 radical (unpaired) electrons. The van der Waals surface area contributed by atoms with Gasteiger partial charge >= 0.3 is 6.18 Å². The molecular formula is C18H15Cl2F3N2O3. The Morgan fingerprint density at radius 3 is 2.25 bits per heavy atom. The van der Waals surface area contributed by atoms with E-state index in [0.29, 0.717) is 0 Å². The summed E-state index contributed by atoms with van der Waals surface area (Å²) in [7, 11) is 2.69. The van der Waals surface area contributed by atoms with Crippen molar-refractivity contribution in [2.24, 2.45) is 0 Å². The largest absolute Gasteiger partial charge is 0.494 e. The molecule has 0 bridgehead atoms. The van der Waals surface area contributed by atoms with Crippen molar-refractivity contribution in [3.63, 3.8) is 0 Å². The van der Waals surface area contributed by atoms with E-state index >= 15 is 0 Å². The highest BCUT2D eigenvalue weighted by Gasteiger charge is 2.33. The van der Waals surface area contributed by atoms with Gasteiger partial charge in [0.25, 0.3) is 5.91 Å². The second-order valence-corrected chi connectivity index (χ2v) is 6.54. The molecule has 0 saturated heterocycles. The molecule has 5 nitrogen and oxygen atoms in total. The van der Waals surface area contributed by atoms with E-state index in [9.17, 15) is 22.8 Å². The number of para-hydroxylation sites is 1. The molecule has 2 amide bonds. The van der Waals surface area contributed by atoms with Crippen LogP contribution in [0.1, 0.15) is 15.9 Å². The van der Waals surface area contributed by atoms with E-state index in [2.05, 4.69) is 5.32 Å². The molecule has 150 valence electrons. The second-order valence-electron chi connectivity index (χ2n) is 5.73. The molecule has 0 spiro atoms. The zero-order chi connectivity index (χ0) is 21.1. The lowest BCUT2D eigenvalue weighted by molar-refractivity contribution is -0.137. The van der Waals surface area contributed by atoms with Gasteiger partial charge in [-0.2, -0.15) is 13.2 Å². The van der Waals surface area contributed by atoms with Crippen molar-refractivity contribution in [1.29, 1.82) is 0 Å². The van der Waals surface area contributed by atoms with Crippen LogP contribution in [0, 0.1) is 0 Å². The summed E-state index contributed by atoms with van der Waals surface area (Å²) in [4.78, 5) is 25.6. The first kappa shape index (κ1) is 21.8. The summed E-state index contributed by atoms with van der Waals surface area (Å²) in [5, 5.41) is 2.38. The van der Waals surface area contributed by atoms with Gasteiger partial charge in [-0.15, -0.1) is 0 Å². The molecular weight excluding hydrogens is 420 g/mol. The van der Waals surface area contributed by atoms with Crippen molar-refractivity contribution >= 4 is 40.7 Å². The van der Waals surface area contributed by atoms with E-state index in [0.717, 1.165) is 17.0 Å². The Kier molecular flexibility index (Phi) is 6.79. The number of alkyl halides is 3. The average Bonchev–Trinajstić information content (AvgIpc) is 2.60. The summed E-state index contributed by atoms with van der Waals surface area (Å²) in [6.07, 6.45) is -4.62. The smallest absolute Gasteiger partial charge is 0.418 e. The average molecular weight is 435 g/mol. The summed E-state index contributed by atoms with van der Waals surface area (Å²) in [5.41, 5.74) is -1.27. The number of anilines is 1. The summed E-state index contributed by atoms with van der Waals surface area (Å²) in [5.74, 6) is -1.19. The van der Waals surface area contributed by atoms with Crippen LogP contribution < -0.4 is 10.1 Å². The predicted octanol–water partition coefficient (Wildman–Crippen LogP) is 4.73.